The Bertz CT molecular complexity index is 2440. The highest BCUT2D eigenvalue weighted by Gasteiger charge is 2.34. The molecule has 0 spiro atoms. The number of carbonyl (C=O) groups excluding carboxylic acids is 2. The van der Waals surface area contributed by atoms with Gasteiger partial charge in [0.1, 0.15) is 22.9 Å². The molecule has 1 saturated heterocycles. The minimum Gasteiger partial charge on any atom is -0.501 e. The van der Waals surface area contributed by atoms with E-state index in [4.69, 9.17) is 4.74 Å². The number of ether oxygens (including phenoxy) is 1. The standard InChI is InChI=1S/C22H28N6O3S.C17H18FN3O4/c1-15(2)24-19-5-4-8-23-21(19)27-9-11-28(12-10-27)22(29)20-14-16-13-17(26-32(3,30)31)6-7-18(16)25-20;1-17(2)16-20-12(13(22)15(24)21(16)7-8-25-17)14(23)19-9-10-3-5-11(18)6-4-10/h4-8,13-15,24-26H,9-12H2,1-3H3;3-6,22H,7-9H2,1-2H3,(H,19,23). The van der Waals surface area contributed by atoms with Gasteiger partial charge in [-0.15, -0.1) is 0 Å². The highest BCUT2D eigenvalue weighted by molar-refractivity contribution is 7.92. The topological polar surface area (TPSA) is 204 Å². The molecule has 2 aromatic carbocycles. The van der Waals surface area contributed by atoms with Crippen LogP contribution in [0.25, 0.3) is 10.9 Å². The van der Waals surface area contributed by atoms with Crippen LogP contribution in [0.5, 0.6) is 5.75 Å². The Morgan fingerprint density at radius 3 is 2.44 bits per heavy atom. The number of fused-ring (bicyclic) bond motifs is 2. The summed E-state index contributed by atoms with van der Waals surface area (Å²) in [6.45, 7) is 10.9. The average molecular weight is 804 g/mol. The second-order valence-electron chi connectivity index (χ2n) is 14.6. The van der Waals surface area contributed by atoms with Gasteiger partial charge >= 0.3 is 0 Å². The fraction of sp³-hybridized carbons (Fsp3) is 0.359. The molecule has 0 bridgehead atoms. The smallest absolute Gasteiger partial charge is 0.296 e. The van der Waals surface area contributed by atoms with E-state index in [-0.39, 0.29) is 36.3 Å². The number of hydrogen-bond acceptors (Lipinski definition) is 11. The molecule has 57 heavy (non-hydrogen) atoms. The number of carbonyl (C=O) groups is 2. The molecule has 2 aliphatic heterocycles. The maximum Gasteiger partial charge on any atom is 0.296 e. The van der Waals surface area contributed by atoms with Crippen molar-refractivity contribution in [3.63, 3.8) is 0 Å². The third-order valence-corrected chi connectivity index (χ3v) is 9.90. The number of benzene rings is 2. The van der Waals surface area contributed by atoms with Crippen LogP contribution in [0.4, 0.5) is 21.6 Å². The molecule has 2 aliphatic rings. The van der Waals surface area contributed by atoms with E-state index >= 15 is 0 Å². The van der Waals surface area contributed by atoms with Crippen LogP contribution in [-0.4, -0.2) is 94.8 Å². The summed E-state index contributed by atoms with van der Waals surface area (Å²) in [6.07, 6.45) is 2.89. The molecule has 5 N–H and O–H groups in total. The molecule has 7 rings (SSSR count). The Kier molecular flexibility index (Phi) is 11.8. The zero-order valence-electron chi connectivity index (χ0n) is 32.3. The van der Waals surface area contributed by atoms with Gasteiger partial charge in [-0.25, -0.2) is 22.8 Å². The molecular weight excluding hydrogens is 758 g/mol. The predicted molar refractivity (Wildman–Crippen MR) is 215 cm³/mol. The molecule has 0 unspecified atom stereocenters. The maximum absolute atomic E-state index is 13.1. The van der Waals surface area contributed by atoms with Crippen LogP contribution in [0, 0.1) is 5.82 Å². The van der Waals surface area contributed by atoms with Crippen molar-refractivity contribution in [2.75, 3.05) is 54.0 Å². The molecule has 0 radical (unpaired) electrons. The van der Waals surface area contributed by atoms with Crippen molar-refractivity contribution in [2.24, 2.45) is 0 Å². The van der Waals surface area contributed by atoms with Gasteiger partial charge in [-0.05, 0) is 81.8 Å². The average Bonchev–Trinajstić information content (AvgIpc) is 3.59. The van der Waals surface area contributed by atoms with E-state index in [0.717, 1.165) is 28.7 Å². The first-order valence-corrected chi connectivity index (χ1v) is 20.3. The lowest BCUT2D eigenvalue weighted by atomic mass is 10.1. The molecule has 16 nitrogen and oxygen atoms in total. The predicted octanol–water partition coefficient (Wildman–Crippen LogP) is 4.00. The number of nitrogens with one attached hydrogen (secondary N) is 4. The van der Waals surface area contributed by atoms with Gasteiger partial charge in [0.15, 0.2) is 11.5 Å². The number of piperazine rings is 1. The lowest BCUT2D eigenvalue weighted by molar-refractivity contribution is -0.0566. The van der Waals surface area contributed by atoms with Gasteiger partial charge in [-0.1, -0.05) is 12.1 Å². The van der Waals surface area contributed by atoms with Crippen LogP contribution in [0.3, 0.4) is 0 Å². The largest absolute Gasteiger partial charge is 0.501 e. The van der Waals surface area contributed by atoms with E-state index in [1.54, 1.807) is 44.3 Å². The Balaban J connectivity index is 0.000000199. The Morgan fingerprint density at radius 1 is 1.04 bits per heavy atom. The highest BCUT2D eigenvalue weighted by atomic mass is 32.2. The number of aromatic nitrogens is 4. The fourth-order valence-corrected chi connectivity index (χ4v) is 7.14. The molecule has 0 saturated carbocycles. The molecule has 5 heterocycles. The lowest BCUT2D eigenvalue weighted by Gasteiger charge is -2.36. The summed E-state index contributed by atoms with van der Waals surface area (Å²) >= 11 is 0. The molecule has 302 valence electrons. The van der Waals surface area contributed by atoms with Gasteiger partial charge in [-0.3, -0.25) is 23.7 Å². The van der Waals surface area contributed by atoms with E-state index < -0.39 is 32.8 Å². The van der Waals surface area contributed by atoms with Crippen LogP contribution in [0.1, 0.15) is 60.1 Å². The van der Waals surface area contributed by atoms with E-state index in [1.165, 1.54) is 28.8 Å². The number of aromatic amines is 1. The molecule has 5 aromatic rings. The summed E-state index contributed by atoms with van der Waals surface area (Å²) in [4.78, 5) is 53.7. The van der Waals surface area contributed by atoms with Crippen molar-refractivity contribution in [2.45, 2.75) is 52.4 Å². The van der Waals surface area contributed by atoms with Crippen LogP contribution in [-0.2, 0) is 33.5 Å². The number of aromatic hydroxyl groups is 1. The molecular formula is C39H46FN9O7S. The summed E-state index contributed by atoms with van der Waals surface area (Å²) in [5.74, 6) is -0.639. The number of hydrogen-bond donors (Lipinski definition) is 5. The number of nitrogens with zero attached hydrogens (tertiary/aromatic N) is 5. The Hall–Kier alpha value is -6.01. The summed E-state index contributed by atoms with van der Waals surface area (Å²) < 4.78 is 45.2. The molecule has 2 amide bonds. The zero-order chi connectivity index (χ0) is 41.1. The molecule has 18 heteroatoms. The zero-order valence-corrected chi connectivity index (χ0v) is 33.1. The summed E-state index contributed by atoms with van der Waals surface area (Å²) in [5.41, 5.74) is 1.53. The third-order valence-electron chi connectivity index (χ3n) is 9.29. The van der Waals surface area contributed by atoms with Crippen LogP contribution in [0.2, 0.25) is 0 Å². The lowest BCUT2D eigenvalue weighted by Crippen LogP contribution is -2.49. The Labute approximate surface area is 329 Å². The molecule has 1 fully saturated rings. The second kappa shape index (κ2) is 16.6. The maximum atomic E-state index is 13.1. The van der Waals surface area contributed by atoms with E-state index in [9.17, 15) is 32.3 Å². The van der Waals surface area contributed by atoms with Gasteiger partial charge < -0.3 is 35.3 Å². The van der Waals surface area contributed by atoms with Gasteiger partial charge in [0.25, 0.3) is 17.4 Å². The normalized spacial score (nSPS) is 15.1. The van der Waals surface area contributed by atoms with E-state index in [2.05, 4.69) is 49.1 Å². The number of halogens is 1. The molecule has 0 aliphatic carbocycles. The van der Waals surface area contributed by atoms with Crippen LogP contribution >= 0.6 is 0 Å². The number of sulfonamides is 1. The van der Waals surface area contributed by atoms with Crippen molar-refractivity contribution in [1.29, 1.82) is 0 Å². The van der Waals surface area contributed by atoms with Crippen molar-refractivity contribution >= 4 is 49.9 Å². The third kappa shape index (κ3) is 9.69. The number of anilines is 3. The van der Waals surface area contributed by atoms with Gasteiger partial charge in [0.2, 0.25) is 15.8 Å². The Morgan fingerprint density at radius 2 is 1.75 bits per heavy atom. The van der Waals surface area contributed by atoms with Crippen LogP contribution < -0.4 is 25.8 Å². The summed E-state index contributed by atoms with van der Waals surface area (Å²) in [6, 6.07) is 16.8. The highest BCUT2D eigenvalue weighted by Crippen LogP contribution is 2.28. The first kappa shape index (κ1) is 40.6. The fourth-order valence-electron chi connectivity index (χ4n) is 6.58. The SMILES string of the molecule is CC(C)Nc1cccnc1N1CCN(C(=O)c2cc3cc(NS(C)(=O)=O)ccc3[nH]2)CC1.CC1(C)OCCn2c1nc(C(=O)NCc1ccc(F)cc1)c(O)c2=O. The molecule has 0 atom stereocenters. The van der Waals surface area contributed by atoms with E-state index in [0.29, 0.717) is 55.8 Å². The minimum atomic E-state index is -3.36. The number of rotatable bonds is 9. The van der Waals surface area contributed by atoms with Gasteiger partial charge in [0, 0.05) is 61.6 Å². The van der Waals surface area contributed by atoms with Crippen LogP contribution in [0.15, 0.2) is 71.7 Å². The monoisotopic (exact) mass is 803 g/mol. The minimum absolute atomic E-state index is 0.0694. The number of amides is 2. The number of H-pyrrole nitrogens is 1. The summed E-state index contributed by atoms with van der Waals surface area (Å²) in [5, 5.41) is 16.9. The quantitative estimate of drug-likeness (QED) is 0.144. The van der Waals surface area contributed by atoms with Gasteiger partial charge in [-0.2, -0.15) is 0 Å². The van der Waals surface area contributed by atoms with Crippen molar-refractivity contribution < 1.29 is 32.2 Å². The van der Waals surface area contributed by atoms with E-state index in [1.807, 2.05) is 17.0 Å². The van der Waals surface area contributed by atoms with Crippen molar-refractivity contribution in [3.05, 3.63) is 106 Å². The van der Waals surface area contributed by atoms with Gasteiger partial charge in [0.05, 0.1) is 25.1 Å². The van der Waals surface area contributed by atoms with Crippen molar-refractivity contribution in [1.82, 2.24) is 29.7 Å². The van der Waals surface area contributed by atoms with Crippen molar-refractivity contribution in [3.8, 4) is 5.75 Å². The molecule has 3 aromatic heterocycles. The first-order chi connectivity index (χ1) is 27.0. The second-order valence-corrected chi connectivity index (χ2v) is 16.3. The number of pyridine rings is 1. The summed E-state index contributed by atoms with van der Waals surface area (Å²) in [7, 11) is -3.36. The first-order valence-electron chi connectivity index (χ1n) is 18.4.